The third-order valence-corrected chi connectivity index (χ3v) is 4.87. The molecule has 0 amide bonds. The van der Waals surface area contributed by atoms with E-state index in [0.29, 0.717) is 11.8 Å². The SMILES string of the molecule is CCCCC1COC(C2CCC(COC(=O)C(F)F)CC2)OC1. The maximum Gasteiger partial charge on any atom is 0.373 e. The first-order valence-electron chi connectivity index (χ1n) is 8.78. The number of halogens is 2. The Morgan fingerprint density at radius 1 is 1.13 bits per heavy atom. The van der Waals surface area contributed by atoms with Crippen molar-refractivity contribution in [3.05, 3.63) is 0 Å². The lowest BCUT2D eigenvalue weighted by Gasteiger charge is -2.37. The van der Waals surface area contributed by atoms with Crippen LogP contribution >= 0.6 is 0 Å². The van der Waals surface area contributed by atoms with Crippen molar-refractivity contribution >= 4 is 5.97 Å². The number of carbonyl (C=O) groups excluding carboxylic acids is 1. The second-order valence-corrected chi connectivity index (χ2v) is 6.75. The van der Waals surface area contributed by atoms with Crippen LogP contribution in [0.1, 0.15) is 51.9 Å². The zero-order valence-electron chi connectivity index (χ0n) is 13.8. The molecule has 2 rings (SSSR count). The van der Waals surface area contributed by atoms with Crippen LogP contribution in [0.15, 0.2) is 0 Å². The Morgan fingerprint density at radius 3 is 2.35 bits per heavy atom. The number of esters is 1. The molecule has 0 radical (unpaired) electrons. The molecule has 1 aliphatic carbocycles. The van der Waals surface area contributed by atoms with E-state index >= 15 is 0 Å². The third kappa shape index (κ3) is 5.99. The van der Waals surface area contributed by atoms with Gasteiger partial charge in [0.1, 0.15) is 0 Å². The summed E-state index contributed by atoms with van der Waals surface area (Å²) in [6.07, 6.45) is 4.00. The predicted molar refractivity (Wildman–Crippen MR) is 81.1 cm³/mol. The molecule has 0 N–H and O–H groups in total. The molecule has 0 aromatic heterocycles. The van der Waals surface area contributed by atoms with Gasteiger partial charge >= 0.3 is 12.4 Å². The minimum Gasteiger partial charge on any atom is -0.461 e. The van der Waals surface area contributed by atoms with Gasteiger partial charge in [0.15, 0.2) is 6.29 Å². The van der Waals surface area contributed by atoms with Crippen molar-refractivity contribution in [3.63, 3.8) is 0 Å². The summed E-state index contributed by atoms with van der Waals surface area (Å²) >= 11 is 0. The van der Waals surface area contributed by atoms with Gasteiger partial charge in [0.25, 0.3) is 0 Å². The van der Waals surface area contributed by atoms with Gasteiger partial charge in [0, 0.05) is 11.8 Å². The average molecular weight is 334 g/mol. The van der Waals surface area contributed by atoms with E-state index in [0.717, 1.165) is 45.3 Å². The quantitative estimate of drug-likeness (QED) is 0.665. The standard InChI is InChI=1S/C17H28F2O4/c1-2-3-4-13-10-22-17(23-11-13)14-7-5-12(6-8-14)9-21-16(20)15(18)19/h12-15,17H,2-11H2,1H3. The van der Waals surface area contributed by atoms with E-state index in [2.05, 4.69) is 11.7 Å². The Balaban J connectivity index is 1.62. The molecule has 1 saturated heterocycles. The number of hydrogen-bond acceptors (Lipinski definition) is 4. The fraction of sp³-hybridized carbons (Fsp3) is 0.941. The van der Waals surface area contributed by atoms with Gasteiger partial charge in [0.2, 0.25) is 0 Å². The Morgan fingerprint density at radius 2 is 1.78 bits per heavy atom. The molecule has 0 spiro atoms. The molecule has 0 bridgehead atoms. The zero-order valence-corrected chi connectivity index (χ0v) is 13.8. The average Bonchev–Trinajstić information content (AvgIpc) is 2.58. The molecule has 6 heteroatoms. The lowest BCUT2D eigenvalue weighted by atomic mass is 9.82. The molecule has 2 aliphatic rings. The summed E-state index contributed by atoms with van der Waals surface area (Å²) in [7, 11) is 0. The number of hydrogen-bond donors (Lipinski definition) is 0. The molecule has 1 heterocycles. The Hall–Kier alpha value is -0.750. The molecule has 0 unspecified atom stereocenters. The summed E-state index contributed by atoms with van der Waals surface area (Å²) in [6, 6.07) is 0. The number of carbonyl (C=O) groups is 1. The minimum absolute atomic E-state index is 0.0986. The summed E-state index contributed by atoms with van der Waals surface area (Å²) in [5, 5.41) is 0. The molecule has 1 saturated carbocycles. The van der Waals surface area contributed by atoms with Crippen LogP contribution in [-0.2, 0) is 19.0 Å². The summed E-state index contributed by atoms with van der Waals surface area (Å²) in [5.41, 5.74) is 0. The van der Waals surface area contributed by atoms with Gasteiger partial charge in [-0.05, 0) is 38.0 Å². The van der Waals surface area contributed by atoms with Crippen LogP contribution in [-0.4, -0.2) is 38.5 Å². The summed E-state index contributed by atoms with van der Waals surface area (Å²) in [6.45, 7) is 3.83. The second-order valence-electron chi connectivity index (χ2n) is 6.75. The van der Waals surface area contributed by atoms with Crippen molar-refractivity contribution in [3.8, 4) is 0 Å². The molecular weight excluding hydrogens is 306 g/mol. The van der Waals surface area contributed by atoms with Crippen molar-refractivity contribution in [2.45, 2.75) is 64.6 Å². The fourth-order valence-corrected chi connectivity index (χ4v) is 3.38. The number of rotatable bonds is 7. The van der Waals surface area contributed by atoms with Gasteiger partial charge in [-0.1, -0.05) is 19.8 Å². The first-order chi connectivity index (χ1) is 11.1. The van der Waals surface area contributed by atoms with Crippen molar-refractivity contribution < 1.29 is 27.8 Å². The topological polar surface area (TPSA) is 44.8 Å². The highest BCUT2D eigenvalue weighted by molar-refractivity contribution is 5.72. The Labute approximate surface area is 136 Å². The van der Waals surface area contributed by atoms with Crippen LogP contribution in [0.3, 0.4) is 0 Å². The number of unbranched alkanes of at least 4 members (excludes halogenated alkanes) is 1. The monoisotopic (exact) mass is 334 g/mol. The van der Waals surface area contributed by atoms with Gasteiger partial charge in [-0.3, -0.25) is 0 Å². The van der Waals surface area contributed by atoms with E-state index in [1.165, 1.54) is 12.8 Å². The molecule has 0 aromatic carbocycles. The van der Waals surface area contributed by atoms with E-state index in [9.17, 15) is 13.6 Å². The van der Waals surface area contributed by atoms with Crippen LogP contribution < -0.4 is 0 Å². The summed E-state index contributed by atoms with van der Waals surface area (Å²) in [5.74, 6) is -0.362. The lowest BCUT2D eigenvalue weighted by molar-refractivity contribution is -0.230. The predicted octanol–water partition coefficient (Wildman–Crippen LogP) is 3.78. The van der Waals surface area contributed by atoms with Gasteiger partial charge in [-0.15, -0.1) is 0 Å². The van der Waals surface area contributed by atoms with Crippen LogP contribution in [0.5, 0.6) is 0 Å². The highest BCUT2D eigenvalue weighted by Gasteiger charge is 2.33. The highest BCUT2D eigenvalue weighted by Crippen LogP contribution is 2.34. The fourth-order valence-electron chi connectivity index (χ4n) is 3.38. The molecule has 2 fully saturated rings. The first kappa shape index (κ1) is 18.6. The van der Waals surface area contributed by atoms with Crippen molar-refractivity contribution in [1.82, 2.24) is 0 Å². The van der Waals surface area contributed by atoms with Gasteiger partial charge in [0.05, 0.1) is 19.8 Å². The normalized spacial score (nSPS) is 32.0. The molecule has 0 atom stereocenters. The summed E-state index contributed by atoms with van der Waals surface area (Å²) < 4.78 is 40.6. The van der Waals surface area contributed by atoms with Crippen LogP contribution in [0, 0.1) is 17.8 Å². The van der Waals surface area contributed by atoms with Gasteiger partial charge in [-0.25, -0.2) is 4.79 Å². The van der Waals surface area contributed by atoms with E-state index in [1.807, 2.05) is 0 Å². The number of alkyl halides is 2. The van der Waals surface area contributed by atoms with Crippen LogP contribution in [0.2, 0.25) is 0 Å². The first-order valence-corrected chi connectivity index (χ1v) is 8.78. The van der Waals surface area contributed by atoms with Crippen molar-refractivity contribution in [2.24, 2.45) is 17.8 Å². The Kier molecular flexibility index (Phi) is 7.70. The van der Waals surface area contributed by atoms with E-state index in [4.69, 9.17) is 9.47 Å². The second kappa shape index (κ2) is 9.52. The molecule has 4 nitrogen and oxygen atoms in total. The number of ether oxygens (including phenoxy) is 3. The lowest BCUT2D eigenvalue weighted by Crippen LogP contribution is -2.38. The van der Waals surface area contributed by atoms with E-state index in [-0.39, 0.29) is 18.8 Å². The Bertz CT molecular complexity index is 349. The van der Waals surface area contributed by atoms with Gasteiger partial charge < -0.3 is 14.2 Å². The largest absolute Gasteiger partial charge is 0.461 e. The smallest absolute Gasteiger partial charge is 0.373 e. The third-order valence-electron chi connectivity index (χ3n) is 4.87. The van der Waals surface area contributed by atoms with E-state index in [1.54, 1.807) is 0 Å². The molecule has 0 aromatic rings. The molecule has 1 aliphatic heterocycles. The van der Waals surface area contributed by atoms with Crippen LogP contribution in [0.25, 0.3) is 0 Å². The van der Waals surface area contributed by atoms with Crippen molar-refractivity contribution in [1.29, 1.82) is 0 Å². The molecule has 134 valence electrons. The van der Waals surface area contributed by atoms with Crippen LogP contribution in [0.4, 0.5) is 8.78 Å². The molecular formula is C17H28F2O4. The highest BCUT2D eigenvalue weighted by atomic mass is 19.3. The maximum absolute atomic E-state index is 12.1. The summed E-state index contributed by atoms with van der Waals surface area (Å²) in [4.78, 5) is 10.8. The zero-order chi connectivity index (χ0) is 16.7. The molecule has 23 heavy (non-hydrogen) atoms. The van der Waals surface area contributed by atoms with Gasteiger partial charge in [-0.2, -0.15) is 8.78 Å². The maximum atomic E-state index is 12.1. The van der Waals surface area contributed by atoms with Crippen molar-refractivity contribution in [2.75, 3.05) is 19.8 Å². The minimum atomic E-state index is -3.03. The van der Waals surface area contributed by atoms with E-state index < -0.39 is 12.4 Å².